The molecule has 0 saturated carbocycles. The van der Waals surface area contributed by atoms with Gasteiger partial charge in [-0.1, -0.05) is 6.92 Å². The van der Waals surface area contributed by atoms with Crippen LogP contribution in [0.25, 0.3) is 11.0 Å². The second kappa shape index (κ2) is 4.84. The fraction of sp³-hybridized carbons (Fsp3) is 0.462. The third kappa shape index (κ3) is 2.05. The van der Waals surface area contributed by atoms with Crippen molar-refractivity contribution >= 4 is 11.0 Å². The minimum atomic E-state index is -0.234. The van der Waals surface area contributed by atoms with Crippen LogP contribution in [0.15, 0.2) is 18.2 Å². The van der Waals surface area contributed by atoms with Crippen LogP contribution in [0.1, 0.15) is 32.1 Å². The van der Waals surface area contributed by atoms with E-state index >= 15 is 0 Å². The number of hydrogen-bond donors (Lipinski definition) is 1. The number of nitrogens with zero attached hydrogens (tertiary/aromatic N) is 2. The molecule has 1 aromatic heterocycles. The maximum absolute atomic E-state index is 13.2. The minimum absolute atomic E-state index is 0.213. The van der Waals surface area contributed by atoms with E-state index in [1.54, 1.807) is 6.07 Å². The summed E-state index contributed by atoms with van der Waals surface area (Å²) in [5.74, 6) is 0.750. The average molecular weight is 235 g/mol. The van der Waals surface area contributed by atoms with E-state index in [0.29, 0.717) is 0 Å². The van der Waals surface area contributed by atoms with Gasteiger partial charge >= 0.3 is 0 Å². The number of aryl methyl sites for hydroxylation is 1. The molecule has 0 bridgehead atoms. The summed E-state index contributed by atoms with van der Waals surface area (Å²) in [6.07, 6.45) is 0.961. The lowest BCUT2D eigenvalue weighted by atomic mass is 10.2. The number of aromatic nitrogens is 2. The Morgan fingerprint density at radius 1 is 1.41 bits per heavy atom. The lowest BCUT2D eigenvalue weighted by Crippen LogP contribution is -2.19. The van der Waals surface area contributed by atoms with Gasteiger partial charge < -0.3 is 9.88 Å². The Labute approximate surface area is 101 Å². The standard InChI is InChI=1S/C13H18FN3/c1-4-10(15-3)13-16-11-8-9(14)6-7-12(11)17(13)5-2/h6-8,10,15H,4-5H2,1-3H3. The van der Waals surface area contributed by atoms with Crippen LogP contribution < -0.4 is 5.32 Å². The van der Waals surface area contributed by atoms with Crippen LogP contribution in [0.3, 0.4) is 0 Å². The van der Waals surface area contributed by atoms with Crippen molar-refractivity contribution in [2.24, 2.45) is 0 Å². The van der Waals surface area contributed by atoms with E-state index < -0.39 is 0 Å². The van der Waals surface area contributed by atoms with E-state index in [1.807, 2.05) is 7.05 Å². The second-order valence-corrected chi connectivity index (χ2v) is 4.10. The van der Waals surface area contributed by atoms with Crippen molar-refractivity contribution in [1.29, 1.82) is 0 Å². The van der Waals surface area contributed by atoms with Gasteiger partial charge in [0.2, 0.25) is 0 Å². The van der Waals surface area contributed by atoms with Gasteiger partial charge in [0.25, 0.3) is 0 Å². The Hall–Kier alpha value is -1.42. The zero-order valence-electron chi connectivity index (χ0n) is 10.5. The number of imidazole rings is 1. The van der Waals surface area contributed by atoms with Gasteiger partial charge in [-0.15, -0.1) is 0 Å². The van der Waals surface area contributed by atoms with Gasteiger partial charge in [-0.3, -0.25) is 0 Å². The first-order valence-corrected chi connectivity index (χ1v) is 6.04. The minimum Gasteiger partial charge on any atom is -0.327 e. The number of benzene rings is 1. The van der Waals surface area contributed by atoms with Gasteiger partial charge in [-0.25, -0.2) is 9.37 Å². The molecule has 92 valence electrons. The van der Waals surface area contributed by atoms with Crippen LogP contribution in [-0.2, 0) is 6.54 Å². The van der Waals surface area contributed by atoms with E-state index in [0.717, 1.165) is 29.8 Å². The topological polar surface area (TPSA) is 29.9 Å². The van der Waals surface area contributed by atoms with Crippen LogP contribution in [0.4, 0.5) is 4.39 Å². The Balaban J connectivity index is 2.62. The van der Waals surface area contributed by atoms with E-state index in [9.17, 15) is 4.39 Å². The quantitative estimate of drug-likeness (QED) is 0.883. The summed E-state index contributed by atoms with van der Waals surface area (Å²) in [6, 6.07) is 4.99. The highest BCUT2D eigenvalue weighted by atomic mass is 19.1. The Morgan fingerprint density at radius 2 is 2.18 bits per heavy atom. The van der Waals surface area contributed by atoms with Crippen LogP contribution in [-0.4, -0.2) is 16.6 Å². The third-order valence-corrected chi connectivity index (χ3v) is 3.12. The third-order valence-electron chi connectivity index (χ3n) is 3.12. The molecular weight excluding hydrogens is 217 g/mol. The fourth-order valence-electron chi connectivity index (χ4n) is 2.24. The predicted molar refractivity (Wildman–Crippen MR) is 67.5 cm³/mol. The smallest absolute Gasteiger partial charge is 0.127 e. The van der Waals surface area contributed by atoms with Gasteiger partial charge in [0.1, 0.15) is 11.6 Å². The van der Waals surface area contributed by atoms with E-state index in [1.165, 1.54) is 12.1 Å². The molecule has 3 nitrogen and oxygen atoms in total. The highest BCUT2D eigenvalue weighted by Crippen LogP contribution is 2.23. The number of hydrogen-bond acceptors (Lipinski definition) is 2. The molecule has 0 amide bonds. The fourth-order valence-corrected chi connectivity index (χ4v) is 2.24. The van der Waals surface area contributed by atoms with Gasteiger partial charge in [0.15, 0.2) is 0 Å². The molecule has 1 heterocycles. The SMILES string of the molecule is CCC(NC)c1nc2cc(F)ccc2n1CC. The summed E-state index contributed by atoms with van der Waals surface area (Å²) in [6.45, 7) is 5.03. The average Bonchev–Trinajstić information content (AvgIpc) is 2.68. The summed E-state index contributed by atoms with van der Waals surface area (Å²) in [7, 11) is 1.92. The molecule has 0 radical (unpaired) electrons. The second-order valence-electron chi connectivity index (χ2n) is 4.10. The van der Waals surface area contributed by atoms with Crippen molar-refractivity contribution < 1.29 is 4.39 Å². The largest absolute Gasteiger partial charge is 0.327 e. The lowest BCUT2D eigenvalue weighted by Gasteiger charge is -2.15. The zero-order chi connectivity index (χ0) is 12.4. The van der Waals surface area contributed by atoms with E-state index in [4.69, 9.17) is 0 Å². The molecule has 0 aliphatic carbocycles. The first-order valence-electron chi connectivity index (χ1n) is 6.04. The molecule has 1 unspecified atom stereocenters. The maximum atomic E-state index is 13.2. The molecule has 1 aromatic carbocycles. The molecular formula is C13H18FN3. The molecule has 17 heavy (non-hydrogen) atoms. The zero-order valence-corrected chi connectivity index (χ0v) is 10.5. The van der Waals surface area contributed by atoms with Gasteiger partial charge in [-0.2, -0.15) is 0 Å². The van der Waals surface area contributed by atoms with Crippen LogP contribution in [0.2, 0.25) is 0 Å². The summed E-state index contributed by atoms with van der Waals surface area (Å²) < 4.78 is 15.3. The number of halogens is 1. The molecule has 0 aliphatic heterocycles. The van der Waals surface area contributed by atoms with E-state index in [2.05, 4.69) is 28.7 Å². The molecule has 2 aromatic rings. The molecule has 1 N–H and O–H groups in total. The summed E-state index contributed by atoms with van der Waals surface area (Å²) in [4.78, 5) is 4.55. The van der Waals surface area contributed by atoms with E-state index in [-0.39, 0.29) is 11.9 Å². The summed E-state index contributed by atoms with van der Waals surface area (Å²) in [5, 5.41) is 3.24. The highest BCUT2D eigenvalue weighted by Gasteiger charge is 2.16. The predicted octanol–water partition coefficient (Wildman–Crippen LogP) is 2.87. The molecule has 0 saturated heterocycles. The summed E-state index contributed by atoms with van der Waals surface area (Å²) in [5.41, 5.74) is 1.73. The van der Waals surface area contributed by atoms with Crippen LogP contribution in [0, 0.1) is 5.82 Å². The molecule has 4 heteroatoms. The van der Waals surface area contributed by atoms with Crippen molar-refractivity contribution in [3.05, 3.63) is 29.8 Å². The van der Waals surface area contributed by atoms with Crippen molar-refractivity contribution in [2.45, 2.75) is 32.9 Å². The molecule has 0 spiro atoms. The number of rotatable bonds is 4. The van der Waals surface area contributed by atoms with Crippen molar-refractivity contribution in [3.63, 3.8) is 0 Å². The molecule has 1 atom stereocenters. The Bertz CT molecular complexity index is 515. The highest BCUT2D eigenvalue weighted by molar-refractivity contribution is 5.76. The Kier molecular flexibility index (Phi) is 3.43. The van der Waals surface area contributed by atoms with Crippen molar-refractivity contribution in [1.82, 2.24) is 14.9 Å². The van der Waals surface area contributed by atoms with Gasteiger partial charge in [0, 0.05) is 12.6 Å². The molecule has 0 aliphatic rings. The van der Waals surface area contributed by atoms with Crippen LogP contribution >= 0.6 is 0 Å². The monoisotopic (exact) mass is 235 g/mol. The van der Waals surface area contributed by atoms with Crippen molar-refractivity contribution in [2.75, 3.05) is 7.05 Å². The van der Waals surface area contributed by atoms with Crippen molar-refractivity contribution in [3.8, 4) is 0 Å². The maximum Gasteiger partial charge on any atom is 0.127 e. The number of fused-ring (bicyclic) bond motifs is 1. The van der Waals surface area contributed by atoms with Crippen LogP contribution in [0.5, 0.6) is 0 Å². The normalized spacial score (nSPS) is 13.2. The Morgan fingerprint density at radius 3 is 2.76 bits per heavy atom. The number of nitrogens with one attached hydrogen (secondary N) is 1. The first-order chi connectivity index (χ1) is 8.21. The lowest BCUT2D eigenvalue weighted by molar-refractivity contribution is 0.517. The molecule has 2 rings (SSSR count). The molecule has 0 fully saturated rings. The summed E-state index contributed by atoms with van der Waals surface area (Å²) >= 11 is 0. The van der Waals surface area contributed by atoms with Gasteiger partial charge in [0.05, 0.1) is 17.1 Å². The van der Waals surface area contributed by atoms with Gasteiger partial charge in [-0.05, 0) is 32.5 Å². The first kappa shape index (κ1) is 12.0.